The fraction of sp³-hybridized carbons (Fsp3) is 0.423. The molecule has 1 aromatic heterocycles. The fourth-order valence-corrected chi connectivity index (χ4v) is 4.64. The number of rotatable bonds is 3. The molecule has 1 fully saturated rings. The number of carbonyl (C=O) groups excluding carboxylic acids is 1. The van der Waals surface area contributed by atoms with Gasteiger partial charge in [0.15, 0.2) is 6.23 Å². The lowest BCUT2D eigenvalue weighted by Gasteiger charge is -2.36. The van der Waals surface area contributed by atoms with Gasteiger partial charge in [-0.1, -0.05) is 59.8 Å². The van der Waals surface area contributed by atoms with Crippen molar-refractivity contribution in [2.45, 2.75) is 64.3 Å². The molecule has 2 aliphatic heterocycles. The fourth-order valence-electron chi connectivity index (χ4n) is 4.64. The number of hydrogen-bond donors (Lipinski definition) is 0. The zero-order valence-electron chi connectivity index (χ0n) is 20.1. The average Bonchev–Trinajstić information content (AvgIpc) is 3.48. The summed E-state index contributed by atoms with van der Waals surface area (Å²) < 4.78 is 20.1. The molecule has 2 aromatic carbocycles. The topological polar surface area (TPSA) is 78.7 Å². The average molecular weight is 463 g/mol. The highest BCUT2D eigenvalue weighted by atomic mass is 16.6. The summed E-state index contributed by atoms with van der Waals surface area (Å²) in [7, 11) is 0. The number of hydrogen-bond acceptors (Lipinski definition) is 6. The molecular weight excluding hydrogens is 432 g/mol. The molecule has 0 bridgehead atoms. The van der Waals surface area contributed by atoms with Crippen molar-refractivity contribution in [3.63, 3.8) is 0 Å². The number of nitrogens with zero attached hydrogens (tertiary/aromatic N) is 4. The summed E-state index contributed by atoms with van der Waals surface area (Å²) >= 11 is 0. The maximum Gasteiger partial charge on any atom is 0.413 e. The first-order valence-corrected chi connectivity index (χ1v) is 11.5. The molecule has 3 atom stereocenters. The summed E-state index contributed by atoms with van der Waals surface area (Å²) in [5.41, 5.74) is 2.31. The van der Waals surface area contributed by atoms with Gasteiger partial charge in [-0.15, -0.1) is 5.10 Å². The number of amides is 1. The van der Waals surface area contributed by atoms with E-state index in [2.05, 4.69) is 10.3 Å². The van der Waals surface area contributed by atoms with Crippen molar-refractivity contribution < 1.29 is 19.0 Å². The van der Waals surface area contributed by atoms with Gasteiger partial charge in [0.05, 0.1) is 18.8 Å². The SMILES string of the molecule is CC(C)(C)OC(=O)N1[C@@H]([C@H]2O[C@H](n3cc(-c4ccccc4)nn3)c3ccccc32)COC1(C)C. The highest BCUT2D eigenvalue weighted by molar-refractivity contribution is 5.70. The van der Waals surface area contributed by atoms with Crippen LogP contribution in [0.15, 0.2) is 60.8 Å². The first-order chi connectivity index (χ1) is 16.1. The molecule has 0 aliphatic carbocycles. The summed E-state index contributed by atoms with van der Waals surface area (Å²) in [6, 6.07) is 17.6. The minimum atomic E-state index is -0.822. The van der Waals surface area contributed by atoms with Gasteiger partial charge in [-0.3, -0.25) is 4.90 Å². The lowest BCUT2D eigenvalue weighted by atomic mass is 9.98. The summed E-state index contributed by atoms with van der Waals surface area (Å²) in [5.74, 6) is 0. The summed E-state index contributed by atoms with van der Waals surface area (Å²) in [5, 5.41) is 8.73. The highest BCUT2D eigenvalue weighted by Crippen LogP contribution is 2.46. The Hall–Kier alpha value is -3.23. The van der Waals surface area contributed by atoms with Crippen LogP contribution in [0.3, 0.4) is 0 Å². The number of aromatic nitrogens is 3. The van der Waals surface area contributed by atoms with Gasteiger partial charge in [-0.05, 0) is 40.2 Å². The Balaban J connectivity index is 1.47. The summed E-state index contributed by atoms with van der Waals surface area (Å²) in [6.07, 6.45) is 0.603. The second kappa shape index (κ2) is 8.21. The van der Waals surface area contributed by atoms with E-state index in [4.69, 9.17) is 14.2 Å². The van der Waals surface area contributed by atoms with E-state index in [1.807, 2.05) is 95.4 Å². The number of fused-ring (bicyclic) bond motifs is 1. The van der Waals surface area contributed by atoms with Crippen LogP contribution < -0.4 is 0 Å². The predicted molar refractivity (Wildman–Crippen MR) is 126 cm³/mol. The van der Waals surface area contributed by atoms with E-state index in [1.54, 1.807) is 9.58 Å². The highest BCUT2D eigenvalue weighted by Gasteiger charge is 2.52. The molecule has 0 N–H and O–H groups in total. The lowest BCUT2D eigenvalue weighted by molar-refractivity contribution is -0.0812. The van der Waals surface area contributed by atoms with E-state index in [0.717, 1.165) is 22.4 Å². The van der Waals surface area contributed by atoms with Crippen LogP contribution >= 0.6 is 0 Å². The number of carbonyl (C=O) groups is 1. The monoisotopic (exact) mass is 462 g/mol. The van der Waals surface area contributed by atoms with E-state index in [-0.39, 0.29) is 6.04 Å². The van der Waals surface area contributed by atoms with Gasteiger partial charge in [-0.2, -0.15) is 0 Å². The van der Waals surface area contributed by atoms with Crippen LogP contribution in [0.4, 0.5) is 4.79 Å². The molecule has 1 amide bonds. The van der Waals surface area contributed by atoms with E-state index < -0.39 is 29.8 Å². The molecule has 8 heteroatoms. The molecule has 5 rings (SSSR count). The van der Waals surface area contributed by atoms with Gasteiger partial charge < -0.3 is 14.2 Å². The molecule has 0 spiro atoms. The number of benzene rings is 2. The Labute approximate surface area is 199 Å². The van der Waals surface area contributed by atoms with Crippen molar-refractivity contribution in [2.75, 3.05) is 6.61 Å². The minimum absolute atomic E-state index is 0.338. The molecule has 0 unspecified atom stereocenters. The Kier molecular flexibility index (Phi) is 5.45. The predicted octanol–water partition coefficient (Wildman–Crippen LogP) is 4.94. The molecule has 0 radical (unpaired) electrons. The van der Waals surface area contributed by atoms with E-state index in [9.17, 15) is 4.79 Å². The lowest BCUT2D eigenvalue weighted by Crippen LogP contribution is -2.51. The third kappa shape index (κ3) is 4.08. The van der Waals surface area contributed by atoms with Crippen molar-refractivity contribution in [2.24, 2.45) is 0 Å². The van der Waals surface area contributed by atoms with Crippen LogP contribution in [0.25, 0.3) is 11.3 Å². The van der Waals surface area contributed by atoms with Crippen molar-refractivity contribution in [3.05, 3.63) is 71.9 Å². The molecule has 34 heavy (non-hydrogen) atoms. The van der Waals surface area contributed by atoms with Crippen LogP contribution in [0.1, 0.15) is 58.1 Å². The second-order valence-electron chi connectivity index (χ2n) is 10.2. The Morgan fingerprint density at radius 3 is 2.44 bits per heavy atom. The Morgan fingerprint density at radius 2 is 1.74 bits per heavy atom. The van der Waals surface area contributed by atoms with Crippen LogP contribution in [0, 0.1) is 0 Å². The van der Waals surface area contributed by atoms with E-state index in [1.165, 1.54) is 0 Å². The van der Waals surface area contributed by atoms with Gasteiger partial charge in [0.2, 0.25) is 0 Å². The van der Waals surface area contributed by atoms with Gasteiger partial charge in [0, 0.05) is 11.1 Å². The molecule has 3 heterocycles. The van der Waals surface area contributed by atoms with Crippen molar-refractivity contribution in [3.8, 4) is 11.3 Å². The molecule has 1 saturated heterocycles. The van der Waals surface area contributed by atoms with Crippen LogP contribution in [0.5, 0.6) is 0 Å². The summed E-state index contributed by atoms with van der Waals surface area (Å²) in [4.78, 5) is 14.9. The largest absolute Gasteiger partial charge is 0.444 e. The standard InChI is InChI=1S/C26H30N4O4/c1-25(2,3)34-24(31)30-21(16-32-26(30,4)5)22-18-13-9-10-14-19(18)23(33-22)29-15-20(27-28-29)17-11-7-6-8-12-17/h6-15,21-23H,16H2,1-5H3/t21-,22+,23+/m1/s1. The first-order valence-electron chi connectivity index (χ1n) is 11.5. The van der Waals surface area contributed by atoms with E-state index >= 15 is 0 Å². The van der Waals surface area contributed by atoms with Gasteiger partial charge in [-0.25, -0.2) is 9.48 Å². The van der Waals surface area contributed by atoms with Gasteiger partial charge >= 0.3 is 6.09 Å². The quantitative estimate of drug-likeness (QED) is 0.549. The normalized spacial score (nSPS) is 23.7. The zero-order valence-corrected chi connectivity index (χ0v) is 20.1. The maximum absolute atomic E-state index is 13.2. The molecular formula is C26H30N4O4. The maximum atomic E-state index is 13.2. The molecule has 0 saturated carbocycles. The third-order valence-electron chi connectivity index (χ3n) is 6.12. The molecule has 2 aliphatic rings. The minimum Gasteiger partial charge on any atom is -0.444 e. The summed E-state index contributed by atoms with van der Waals surface area (Å²) in [6.45, 7) is 9.66. The smallest absolute Gasteiger partial charge is 0.413 e. The van der Waals surface area contributed by atoms with Gasteiger partial charge in [0.25, 0.3) is 0 Å². The molecule has 8 nitrogen and oxygen atoms in total. The molecule has 178 valence electrons. The van der Waals surface area contributed by atoms with Crippen LogP contribution in [0.2, 0.25) is 0 Å². The third-order valence-corrected chi connectivity index (χ3v) is 6.12. The van der Waals surface area contributed by atoms with E-state index in [0.29, 0.717) is 6.61 Å². The number of ether oxygens (including phenoxy) is 3. The van der Waals surface area contributed by atoms with Crippen molar-refractivity contribution in [1.82, 2.24) is 19.9 Å². The van der Waals surface area contributed by atoms with Crippen LogP contribution in [-0.4, -0.2) is 50.0 Å². The first kappa shape index (κ1) is 22.6. The van der Waals surface area contributed by atoms with Crippen LogP contribution in [-0.2, 0) is 14.2 Å². The molecule has 3 aromatic rings. The Bertz CT molecular complexity index is 1180. The van der Waals surface area contributed by atoms with Crippen molar-refractivity contribution >= 4 is 6.09 Å². The van der Waals surface area contributed by atoms with Gasteiger partial charge in [0.1, 0.15) is 23.1 Å². The second-order valence-corrected chi connectivity index (χ2v) is 10.2. The Morgan fingerprint density at radius 1 is 1.06 bits per heavy atom. The zero-order chi connectivity index (χ0) is 24.1. The van der Waals surface area contributed by atoms with Crippen molar-refractivity contribution in [1.29, 1.82) is 0 Å².